The lowest BCUT2D eigenvalue weighted by atomic mass is 10.1. The van der Waals surface area contributed by atoms with E-state index in [1.54, 1.807) is 0 Å². The summed E-state index contributed by atoms with van der Waals surface area (Å²) in [6.07, 6.45) is -4.70. The SMILES string of the molecule is O=C(O)c1ccc(O)c(-c2noc(-c3cc(CF)cc(C(F)(F)F)c3)n2)c1. The molecule has 140 valence electrons. The van der Waals surface area contributed by atoms with Crippen LogP contribution < -0.4 is 0 Å². The maximum absolute atomic E-state index is 13.0. The van der Waals surface area contributed by atoms with Gasteiger partial charge in [0.15, 0.2) is 0 Å². The van der Waals surface area contributed by atoms with E-state index >= 15 is 0 Å². The molecule has 1 heterocycles. The molecule has 0 unspecified atom stereocenters. The molecule has 0 saturated heterocycles. The fourth-order valence-corrected chi connectivity index (χ4v) is 2.35. The third-order valence-electron chi connectivity index (χ3n) is 3.63. The van der Waals surface area contributed by atoms with E-state index in [4.69, 9.17) is 9.63 Å². The van der Waals surface area contributed by atoms with Crippen LogP contribution in [-0.4, -0.2) is 26.3 Å². The Morgan fingerprint density at radius 1 is 1.15 bits per heavy atom. The Labute approximate surface area is 148 Å². The van der Waals surface area contributed by atoms with Crippen LogP contribution in [0.2, 0.25) is 0 Å². The van der Waals surface area contributed by atoms with E-state index in [0.29, 0.717) is 6.07 Å². The molecule has 0 amide bonds. The van der Waals surface area contributed by atoms with Gasteiger partial charge < -0.3 is 14.7 Å². The van der Waals surface area contributed by atoms with Crippen molar-refractivity contribution in [3.8, 4) is 28.6 Å². The molecule has 10 heteroatoms. The average molecular weight is 382 g/mol. The fraction of sp³-hybridized carbons (Fsp3) is 0.118. The van der Waals surface area contributed by atoms with E-state index in [1.807, 2.05) is 0 Å². The second-order valence-electron chi connectivity index (χ2n) is 5.51. The zero-order valence-electron chi connectivity index (χ0n) is 13.3. The number of carbonyl (C=O) groups is 1. The number of benzene rings is 2. The quantitative estimate of drug-likeness (QED) is 0.654. The van der Waals surface area contributed by atoms with E-state index in [2.05, 4.69) is 10.1 Å². The number of nitrogens with zero attached hydrogens (tertiary/aromatic N) is 2. The van der Waals surface area contributed by atoms with Gasteiger partial charge in [-0.1, -0.05) is 5.16 Å². The molecule has 3 rings (SSSR count). The predicted molar refractivity (Wildman–Crippen MR) is 83.6 cm³/mol. The topological polar surface area (TPSA) is 96.5 Å². The Bertz CT molecular complexity index is 1010. The summed E-state index contributed by atoms with van der Waals surface area (Å²) in [5, 5.41) is 22.4. The zero-order valence-corrected chi connectivity index (χ0v) is 13.3. The summed E-state index contributed by atoms with van der Waals surface area (Å²) in [7, 11) is 0. The van der Waals surface area contributed by atoms with Crippen LogP contribution in [0.3, 0.4) is 0 Å². The van der Waals surface area contributed by atoms with E-state index in [0.717, 1.165) is 30.3 Å². The number of aromatic hydroxyl groups is 1. The Morgan fingerprint density at radius 3 is 2.52 bits per heavy atom. The number of alkyl halides is 4. The first-order valence-corrected chi connectivity index (χ1v) is 7.37. The van der Waals surface area contributed by atoms with Crippen molar-refractivity contribution >= 4 is 5.97 Å². The summed E-state index contributed by atoms with van der Waals surface area (Å²) in [4.78, 5) is 14.9. The Hall–Kier alpha value is -3.43. The number of carboxylic acids is 1. The molecule has 6 nitrogen and oxygen atoms in total. The van der Waals surface area contributed by atoms with Gasteiger partial charge in [0.05, 0.1) is 16.7 Å². The van der Waals surface area contributed by atoms with Crippen LogP contribution in [0.15, 0.2) is 40.9 Å². The van der Waals surface area contributed by atoms with Gasteiger partial charge in [0.25, 0.3) is 5.89 Å². The standard InChI is InChI=1S/C17H10F4N2O4/c18-7-8-3-10(5-11(4-8)17(19,20)21)15-22-14(23-27-15)12-6-9(16(25)26)1-2-13(12)24/h1-6,24H,7H2,(H,25,26). The molecule has 0 radical (unpaired) electrons. The maximum Gasteiger partial charge on any atom is 0.416 e. The molecule has 0 aliphatic rings. The van der Waals surface area contributed by atoms with E-state index in [1.165, 1.54) is 0 Å². The number of hydrogen-bond acceptors (Lipinski definition) is 5. The van der Waals surface area contributed by atoms with Gasteiger partial charge in [0.2, 0.25) is 5.82 Å². The minimum Gasteiger partial charge on any atom is -0.507 e. The van der Waals surface area contributed by atoms with Gasteiger partial charge in [0, 0.05) is 5.56 Å². The molecule has 0 bridgehead atoms. The van der Waals surface area contributed by atoms with Gasteiger partial charge in [-0.3, -0.25) is 0 Å². The first kappa shape index (κ1) is 18.4. The highest BCUT2D eigenvalue weighted by molar-refractivity contribution is 5.90. The lowest BCUT2D eigenvalue weighted by Gasteiger charge is -2.09. The molecule has 0 atom stereocenters. The zero-order chi connectivity index (χ0) is 19.8. The summed E-state index contributed by atoms with van der Waals surface area (Å²) < 4.78 is 56.7. The Morgan fingerprint density at radius 2 is 1.89 bits per heavy atom. The van der Waals surface area contributed by atoms with Crippen LogP contribution in [0.1, 0.15) is 21.5 Å². The van der Waals surface area contributed by atoms with Crippen LogP contribution in [0.25, 0.3) is 22.8 Å². The van der Waals surface area contributed by atoms with Crippen LogP contribution in [0.5, 0.6) is 5.75 Å². The van der Waals surface area contributed by atoms with Crippen molar-refractivity contribution in [2.45, 2.75) is 12.9 Å². The molecule has 1 aromatic heterocycles. The van der Waals surface area contributed by atoms with Crippen molar-refractivity contribution in [3.63, 3.8) is 0 Å². The largest absolute Gasteiger partial charge is 0.507 e. The maximum atomic E-state index is 13.0. The first-order valence-electron chi connectivity index (χ1n) is 7.37. The number of phenolic OH excluding ortho intramolecular Hbond substituents is 1. The monoisotopic (exact) mass is 382 g/mol. The smallest absolute Gasteiger partial charge is 0.416 e. The van der Waals surface area contributed by atoms with E-state index in [9.17, 15) is 27.5 Å². The normalized spacial score (nSPS) is 11.6. The average Bonchev–Trinajstić information content (AvgIpc) is 3.10. The van der Waals surface area contributed by atoms with Crippen molar-refractivity contribution in [3.05, 3.63) is 53.1 Å². The number of aromatic nitrogens is 2. The van der Waals surface area contributed by atoms with Crippen molar-refractivity contribution in [2.24, 2.45) is 0 Å². The number of hydrogen-bond donors (Lipinski definition) is 2. The molecular formula is C17H10F4N2O4. The molecule has 0 spiro atoms. The molecule has 2 aromatic carbocycles. The number of carboxylic acid groups (broad SMARTS) is 1. The van der Waals surface area contributed by atoms with Gasteiger partial charge in [-0.2, -0.15) is 18.2 Å². The van der Waals surface area contributed by atoms with E-state index in [-0.39, 0.29) is 39.7 Å². The molecule has 0 aliphatic carbocycles. The third kappa shape index (κ3) is 3.73. The number of halogens is 4. The third-order valence-corrected chi connectivity index (χ3v) is 3.63. The second-order valence-corrected chi connectivity index (χ2v) is 5.51. The summed E-state index contributed by atoms with van der Waals surface area (Å²) in [6, 6.07) is 5.88. The number of phenols is 1. The molecule has 0 saturated carbocycles. The minimum atomic E-state index is -4.70. The second kappa shape index (κ2) is 6.71. The minimum absolute atomic E-state index is 0.0809. The lowest BCUT2D eigenvalue weighted by Crippen LogP contribution is -2.06. The van der Waals surface area contributed by atoms with E-state index < -0.39 is 24.4 Å². The summed E-state index contributed by atoms with van der Waals surface area (Å²) in [6.45, 7) is -1.13. The van der Waals surface area contributed by atoms with Crippen molar-refractivity contribution < 1.29 is 37.1 Å². The van der Waals surface area contributed by atoms with Crippen molar-refractivity contribution in [2.75, 3.05) is 0 Å². The molecule has 2 N–H and O–H groups in total. The summed E-state index contributed by atoms with van der Waals surface area (Å²) in [5.74, 6) is -2.18. The van der Waals surface area contributed by atoms with Gasteiger partial charge in [0.1, 0.15) is 12.4 Å². The number of rotatable bonds is 4. The summed E-state index contributed by atoms with van der Waals surface area (Å²) >= 11 is 0. The highest BCUT2D eigenvalue weighted by atomic mass is 19.4. The highest BCUT2D eigenvalue weighted by Gasteiger charge is 2.32. The molecule has 0 fully saturated rings. The molecule has 0 aliphatic heterocycles. The van der Waals surface area contributed by atoms with Crippen molar-refractivity contribution in [1.29, 1.82) is 0 Å². The molecule has 3 aromatic rings. The van der Waals surface area contributed by atoms with Crippen LogP contribution in [-0.2, 0) is 12.9 Å². The number of aromatic carboxylic acids is 1. The van der Waals surface area contributed by atoms with Crippen LogP contribution in [0.4, 0.5) is 17.6 Å². The van der Waals surface area contributed by atoms with Gasteiger partial charge in [-0.15, -0.1) is 0 Å². The van der Waals surface area contributed by atoms with Gasteiger partial charge in [-0.25, -0.2) is 9.18 Å². The predicted octanol–water partition coefficient (Wildman–Crippen LogP) is 4.30. The first-order chi connectivity index (χ1) is 12.7. The van der Waals surface area contributed by atoms with Crippen LogP contribution in [0, 0.1) is 0 Å². The highest BCUT2D eigenvalue weighted by Crippen LogP contribution is 2.34. The Kier molecular flexibility index (Phi) is 4.56. The fourth-order valence-electron chi connectivity index (χ4n) is 2.35. The van der Waals surface area contributed by atoms with Crippen LogP contribution >= 0.6 is 0 Å². The van der Waals surface area contributed by atoms with Gasteiger partial charge in [-0.05, 0) is 42.0 Å². The molecular weight excluding hydrogens is 372 g/mol. The summed E-state index contributed by atoms with van der Waals surface area (Å²) in [5.41, 5.74) is -1.71. The van der Waals surface area contributed by atoms with Crippen molar-refractivity contribution in [1.82, 2.24) is 10.1 Å². The van der Waals surface area contributed by atoms with Gasteiger partial charge >= 0.3 is 12.1 Å². The lowest BCUT2D eigenvalue weighted by molar-refractivity contribution is -0.137. The Balaban J connectivity index is 2.07. The molecule has 27 heavy (non-hydrogen) atoms.